The fraction of sp³-hybridized carbons (Fsp3) is 0.483. The third-order valence-corrected chi connectivity index (χ3v) is 6.45. The van der Waals surface area contributed by atoms with E-state index in [1.165, 1.54) is 54.8 Å². The lowest BCUT2D eigenvalue weighted by atomic mass is 9.96. The van der Waals surface area contributed by atoms with Crippen molar-refractivity contribution in [2.24, 2.45) is 16.8 Å². The Labute approximate surface area is 200 Å². The summed E-state index contributed by atoms with van der Waals surface area (Å²) in [5, 5.41) is 11.6. The number of aliphatic imine (C=N–C) groups is 1. The lowest BCUT2D eigenvalue weighted by molar-refractivity contribution is 0.480. The Kier molecular flexibility index (Phi) is 11.0. The molecule has 1 aromatic heterocycles. The van der Waals surface area contributed by atoms with Crippen molar-refractivity contribution >= 4 is 29.7 Å². The van der Waals surface area contributed by atoms with Gasteiger partial charge in [0.25, 0.3) is 0 Å². The van der Waals surface area contributed by atoms with Gasteiger partial charge in [0.2, 0.25) is 0 Å². The highest BCUT2D eigenvalue weighted by Gasteiger charge is 2.21. The summed E-state index contributed by atoms with van der Waals surface area (Å²) >= 11 is 0. The summed E-state index contributed by atoms with van der Waals surface area (Å²) in [6, 6.07) is 9.17. The first-order valence-corrected chi connectivity index (χ1v) is 12.5. The van der Waals surface area contributed by atoms with Crippen LogP contribution >= 0.6 is 0 Å². The standard InChI is InChI=1S/C19H24N2.C8H12N2.C2H6/c1-13-2-3-14(10-13)4-5-15-6-7-16-12-17-8-9-20-19(17)21-18(16)11-15;1-4-5-8(6-9)7(2)10-3;1-2/h6-7,11-14H,2-5,8-10H2,1H3,(H,20,21);4-6,9H,3H2,1-2H3;1-2H3/b;5-4-,8-7-,9-6?;. The minimum absolute atomic E-state index is 0.785. The number of hydrogen-bond acceptors (Lipinski definition) is 4. The van der Waals surface area contributed by atoms with Crippen LogP contribution in [0.1, 0.15) is 71.4 Å². The Bertz CT molecular complexity index is 987. The molecule has 1 fully saturated rings. The maximum atomic E-state index is 6.98. The summed E-state index contributed by atoms with van der Waals surface area (Å²) < 4.78 is 0. The van der Waals surface area contributed by atoms with Gasteiger partial charge in [-0.15, -0.1) is 0 Å². The molecule has 2 unspecified atom stereocenters. The predicted octanol–water partition coefficient (Wildman–Crippen LogP) is 7.78. The quantitative estimate of drug-likeness (QED) is 0.351. The molecule has 1 aromatic carbocycles. The Morgan fingerprint density at radius 2 is 2.06 bits per heavy atom. The number of hydrogen-bond donors (Lipinski definition) is 2. The molecular formula is C29H42N4. The lowest BCUT2D eigenvalue weighted by Gasteiger charge is -2.10. The molecule has 33 heavy (non-hydrogen) atoms. The number of nitrogens with one attached hydrogen (secondary N) is 2. The summed E-state index contributed by atoms with van der Waals surface area (Å²) in [5.41, 5.74) is 5.56. The second-order valence-electron chi connectivity index (χ2n) is 8.87. The molecule has 4 rings (SSSR count). The first-order valence-electron chi connectivity index (χ1n) is 12.5. The Morgan fingerprint density at radius 1 is 1.27 bits per heavy atom. The van der Waals surface area contributed by atoms with Crippen LogP contribution in [0.25, 0.3) is 10.9 Å². The fourth-order valence-corrected chi connectivity index (χ4v) is 4.57. The molecule has 0 bridgehead atoms. The first kappa shape index (κ1) is 26.5. The number of fused-ring (bicyclic) bond motifs is 2. The van der Waals surface area contributed by atoms with Crippen LogP contribution in [-0.2, 0) is 12.8 Å². The number of aryl methyl sites for hydroxylation is 1. The largest absolute Gasteiger partial charge is 0.369 e. The normalized spacial score (nSPS) is 19.5. The lowest BCUT2D eigenvalue weighted by Crippen LogP contribution is -1.98. The van der Waals surface area contributed by atoms with Crippen molar-refractivity contribution in [1.82, 2.24) is 4.98 Å². The van der Waals surface area contributed by atoms with E-state index >= 15 is 0 Å². The zero-order valence-electron chi connectivity index (χ0n) is 21.2. The van der Waals surface area contributed by atoms with E-state index in [1.54, 1.807) is 0 Å². The molecule has 2 atom stereocenters. The summed E-state index contributed by atoms with van der Waals surface area (Å²) in [7, 11) is 0. The Balaban J connectivity index is 0.000000275. The molecule has 2 aromatic rings. The van der Waals surface area contributed by atoms with E-state index in [9.17, 15) is 0 Å². The summed E-state index contributed by atoms with van der Waals surface area (Å²) in [6.45, 7) is 14.5. The number of allylic oxidation sites excluding steroid dienone is 4. The SMILES string of the molecule is C=N/C(C)=C(C=N)/C=C\C.CC.CC1CCC(CCc2ccc3cc4c(nc3c2)NCC4)C1. The van der Waals surface area contributed by atoms with Gasteiger partial charge in [-0.05, 0) is 81.3 Å². The number of aromatic nitrogens is 1. The minimum atomic E-state index is 0.785. The summed E-state index contributed by atoms with van der Waals surface area (Å²) in [5.74, 6) is 3.00. The molecule has 2 N–H and O–H groups in total. The van der Waals surface area contributed by atoms with Gasteiger partial charge in [0.05, 0.1) is 5.52 Å². The van der Waals surface area contributed by atoms with Crippen LogP contribution in [-0.4, -0.2) is 24.5 Å². The van der Waals surface area contributed by atoms with Gasteiger partial charge in [0.15, 0.2) is 0 Å². The molecule has 4 heteroatoms. The number of anilines is 1. The molecular weight excluding hydrogens is 404 g/mol. The van der Waals surface area contributed by atoms with Gasteiger partial charge in [0, 0.05) is 29.4 Å². The monoisotopic (exact) mass is 446 g/mol. The summed E-state index contributed by atoms with van der Waals surface area (Å²) in [6.07, 6.45) is 12.9. The van der Waals surface area contributed by atoms with Crippen molar-refractivity contribution in [1.29, 1.82) is 5.41 Å². The van der Waals surface area contributed by atoms with Crippen molar-refractivity contribution in [2.75, 3.05) is 11.9 Å². The smallest absolute Gasteiger partial charge is 0.129 e. The van der Waals surface area contributed by atoms with Crippen molar-refractivity contribution in [3.05, 3.63) is 58.8 Å². The number of nitrogens with zero attached hydrogens (tertiary/aromatic N) is 2. The molecule has 1 aliphatic carbocycles. The molecule has 0 saturated heterocycles. The highest BCUT2D eigenvalue weighted by atomic mass is 15.0. The zero-order chi connectivity index (χ0) is 24.2. The molecule has 4 nitrogen and oxygen atoms in total. The van der Waals surface area contributed by atoms with Crippen molar-refractivity contribution < 1.29 is 0 Å². The second kappa shape index (κ2) is 13.7. The molecule has 1 aliphatic heterocycles. The highest BCUT2D eigenvalue weighted by molar-refractivity contribution is 5.83. The van der Waals surface area contributed by atoms with Crippen molar-refractivity contribution in [2.45, 2.75) is 73.1 Å². The third-order valence-electron chi connectivity index (χ3n) is 6.45. The van der Waals surface area contributed by atoms with Gasteiger partial charge in [0.1, 0.15) is 5.82 Å². The topological polar surface area (TPSA) is 61.1 Å². The van der Waals surface area contributed by atoms with Crippen LogP contribution in [0.5, 0.6) is 0 Å². The van der Waals surface area contributed by atoms with Crippen LogP contribution in [0, 0.1) is 17.2 Å². The van der Waals surface area contributed by atoms with Gasteiger partial charge >= 0.3 is 0 Å². The summed E-state index contributed by atoms with van der Waals surface area (Å²) in [4.78, 5) is 8.50. The van der Waals surface area contributed by atoms with E-state index < -0.39 is 0 Å². The maximum Gasteiger partial charge on any atom is 0.129 e. The van der Waals surface area contributed by atoms with E-state index in [2.05, 4.69) is 48.2 Å². The predicted molar refractivity (Wildman–Crippen MR) is 146 cm³/mol. The number of pyridine rings is 1. The molecule has 2 heterocycles. The maximum absolute atomic E-state index is 6.98. The van der Waals surface area contributed by atoms with Crippen molar-refractivity contribution in [3.8, 4) is 0 Å². The highest BCUT2D eigenvalue weighted by Crippen LogP contribution is 2.33. The van der Waals surface area contributed by atoms with E-state index in [0.29, 0.717) is 0 Å². The van der Waals surface area contributed by atoms with E-state index in [4.69, 9.17) is 10.4 Å². The molecule has 0 amide bonds. The first-order chi connectivity index (χ1) is 16.0. The van der Waals surface area contributed by atoms with Crippen LogP contribution in [0.2, 0.25) is 0 Å². The van der Waals surface area contributed by atoms with E-state index in [1.807, 2.05) is 39.8 Å². The van der Waals surface area contributed by atoms with Gasteiger partial charge in [-0.25, -0.2) is 4.98 Å². The molecule has 178 valence electrons. The third kappa shape index (κ3) is 7.66. The Hall–Kier alpha value is -2.75. The fourth-order valence-electron chi connectivity index (χ4n) is 4.57. The van der Waals surface area contributed by atoms with Crippen LogP contribution in [0.3, 0.4) is 0 Å². The van der Waals surface area contributed by atoms with Crippen LogP contribution < -0.4 is 5.32 Å². The molecule has 1 saturated carbocycles. The van der Waals surface area contributed by atoms with Crippen LogP contribution in [0.15, 0.2) is 52.7 Å². The zero-order valence-corrected chi connectivity index (χ0v) is 21.2. The average molecular weight is 447 g/mol. The van der Waals surface area contributed by atoms with Gasteiger partial charge in [-0.3, -0.25) is 4.99 Å². The molecule has 0 radical (unpaired) electrons. The van der Waals surface area contributed by atoms with Gasteiger partial charge < -0.3 is 10.7 Å². The van der Waals surface area contributed by atoms with Crippen molar-refractivity contribution in [3.63, 3.8) is 0 Å². The van der Waals surface area contributed by atoms with Gasteiger partial charge in [-0.1, -0.05) is 57.9 Å². The van der Waals surface area contributed by atoms with Gasteiger partial charge in [-0.2, -0.15) is 0 Å². The molecule has 2 aliphatic rings. The number of benzene rings is 1. The Morgan fingerprint density at radius 3 is 2.70 bits per heavy atom. The van der Waals surface area contributed by atoms with Crippen LogP contribution in [0.4, 0.5) is 5.82 Å². The second-order valence-corrected chi connectivity index (χ2v) is 8.87. The van der Waals surface area contributed by atoms with E-state index in [-0.39, 0.29) is 0 Å². The average Bonchev–Trinajstić information content (AvgIpc) is 3.48. The minimum Gasteiger partial charge on any atom is -0.369 e. The molecule has 0 spiro atoms. The van der Waals surface area contributed by atoms with E-state index in [0.717, 1.165) is 47.4 Å². The number of rotatable bonds is 6.